The maximum absolute atomic E-state index is 5.27. The van der Waals surface area contributed by atoms with Crippen LogP contribution >= 0.6 is 0 Å². The van der Waals surface area contributed by atoms with Crippen molar-refractivity contribution in [2.24, 2.45) is 11.8 Å². The number of ether oxygens (including phenoxy) is 1. The number of anilines is 1. The Balaban J connectivity index is 1.92. The molecule has 0 atom stereocenters. The monoisotopic (exact) mass is 261 g/mol. The molecule has 0 aromatic heterocycles. The minimum atomic E-state index is 0.632. The molecule has 2 heteroatoms. The van der Waals surface area contributed by atoms with E-state index < -0.39 is 0 Å². The van der Waals surface area contributed by atoms with Crippen LogP contribution in [0.25, 0.3) is 0 Å². The van der Waals surface area contributed by atoms with Crippen LogP contribution in [0.3, 0.4) is 0 Å². The normalized spacial score (nSPS) is 23.6. The van der Waals surface area contributed by atoms with Crippen molar-refractivity contribution in [3.8, 4) is 0 Å². The van der Waals surface area contributed by atoms with Crippen LogP contribution in [0.5, 0.6) is 0 Å². The second-order valence-electron chi connectivity index (χ2n) is 6.09. The molecule has 0 aliphatic heterocycles. The highest BCUT2D eigenvalue weighted by atomic mass is 16.5. The Morgan fingerprint density at radius 2 is 1.84 bits per heavy atom. The maximum Gasteiger partial charge on any atom is 0.0733 e. The van der Waals surface area contributed by atoms with Gasteiger partial charge in [0, 0.05) is 24.4 Å². The van der Waals surface area contributed by atoms with Crippen molar-refractivity contribution < 1.29 is 4.74 Å². The molecule has 0 saturated heterocycles. The lowest BCUT2D eigenvalue weighted by Gasteiger charge is -2.32. The Morgan fingerprint density at radius 1 is 1.16 bits per heavy atom. The van der Waals surface area contributed by atoms with E-state index in [1.54, 1.807) is 7.11 Å². The zero-order valence-corrected chi connectivity index (χ0v) is 12.5. The van der Waals surface area contributed by atoms with Gasteiger partial charge < -0.3 is 10.1 Å². The number of rotatable bonds is 5. The van der Waals surface area contributed by atoms with Gasteiger partial charge in [0.25, 0.3) is 0 Å². The molecule has 2 rings (SSSR count). The molecule has 0 heterocycles. The smallest absolute Gasteiger partial charge is 0.0733 e. The number of benzene rings is 1. The predicted molar refractivity (Wildman–Crippen MR) is 81.4 cm³/mol. The number of nitrogens with one attached hydrogen (secondary N) is 1. The molecule has 1 aliphatic carbocycles. The zero-order chi connectivity index (χ0) is 13.7. The van der Waals surface area contributed by atoms with Gasteiger partial charge in [-0.15, -0.1) is 0 Å². The molecule has 106 valence electrons. The molecular weight excluding hydrogens is 234 g/mol. The Hall–Kier alpha value is -1.02. The minimum Gasteiger partial charge on any atom is -0.382 e. The summed E-state index contributed by atoms with van der Waals surface area (Å²) in [6.45, 7) is 5.39. The predicted octanol–water partition coefficient (Wildman–Crippen LogP) is 4.46. The van der Waals surface area contributed by atoms with E-state index in [1.165, 1.54) is 36.9 Å². The first-order valence-electron chi connectivity index (χ1n) is 7.54. The van der Waals surface area contributed by atoms with E-state index in [4.69, 9.17) is 4.74 Å². The third kappa shape index (κ3) is 3.97. The van der Waals surface area contributed by atoms with Gasteiger partial charge in [0.15, 0.2) is 0 Å². The van der Waals surface area contributed by atoms with Crippen molar-refractivity contribution in [2.75, 3.05) is 12.4 Å². The lowest BCUT2D eigenvalue weighted by Crippen LogP contribution is -2.28. The fourth-order valence-electron chi connectivity index (χ4n) is 3.09. The van der Waals surface area contributed by atoms with Gasteiger partial charge in [-0.3, -0.25) is 0 Å². The summed E-state index contributed by atoms with van der Waals surface area (Å²) in [4.78, 5) is 0. The highest BCUT2D eigenvalue weighted by Crippen LogP contribution is 2.31. The van der Waals surface area contributed by atoms with E-state index in [9.17, 15) is 0 Å². The summed E-state index contributed by atoms with van der Waals surface area (Å²) in [5, 5.41) is 3.71. The first kappa shape index (κ1) is 14.4. The van der Waals surface area contributed by atoms with Crippen LogP contribution in [-0.4, -0.2) is 13.2 Å². The van der Waals surface area contributed by atoms with Gasteiger partial charge in [-0.05, 0) is 43.6 Å². The molecule has 0 amide bonds. The van der Waals surface area contributed by atoms with E-state index in [0.717, 1.165) is 11.8 Å². The standard InChI is InChI=1S/C17H27NO/c1-13(2)14-8-10-16(11-9-14)18-17-7-5-4-6-15(17)12-19-3/h4-7,13-14,16,18H,8-12H2,1-3H3. The highest BCUT2D eigenvalue weighted by molar-refractivity contribution is 5.51. The Bertz CT molecular complexity index is 381. The fourth-order valence-corrected chi connectivity index (χ4v) is 3.09. The first-order valence-corrected chi connectivity index (χ1v) is 7.54. The van der Waals surface area contributed by atoms with E-state index in [2.05, 4.69) is 43.4 Å². The molecule has 0 spiro atoms. The van der Waals surface area contributed by atoms with Gasteiger partial charge >= 0.3 is 0 Å². The lowest BCUT2D eigenvalue weighted by molar-refractivity contribution is 0.185. The Morgan fingerprint density at radius 3 is 2.47 bits per heavy atom. The topological polar surface area (TPSA) is 21.3 Å². The quantitative estimate of drug-likeness (QED) is 0.845. The van der Waals surface area contributed by atoms with Crippen LogP contribution in [-0.2, 0) is 11.3 Å². The van der Waals surface area contributed by atoms with Crippen LogP contribution in [0.4, 0.5) is 5.69 Å². The summed E-state index contributed by atoms with van der Waals surface area (Å²) in [5.74, 6) is 1.76. The third-order valence-electron chi connectivity index (χ3n) is 4.39. The largest absolute Gasteiger partial charge is 0.382 e. The van der Waals surface area contributed by atoms with E-state index in [0.29, 0.717) is 12.6 Å². The number of methoxy groups -OCH3 is 1. The number of hydrogen-bond acceptors (Lipinski definition) is 2. The SMILES string of the molecule is COCc1ccccc1NC1CCC(C(C)C)CC1. The maximum atomic E-state index is 5.27. The molecule has 1 fully saturated rings. The van der Waals surface area contributed by atoms with Gasteiger partial charge in [0.2, 0.25) is 0 Å². The van der Waals surface area contributed by atoms with Gasteiger partial charge in [0.1, 0.15) is 0 Å². The van der Waals surface area contributed by atoms with Gasteiger partial charge in [0.05, 0.1) is 6.61 Å². The van der Waals surface area contributed by atoms with Crippen molar-refractivity contribution in [1.82, 2.24) is 0 Å². The van der Waals surface area contributed by atoms with Gasteiger partial charge in [-0.2, -0.15) is 0 Å². The van der Waals surface area contributed by atoms with Crippen molar-refractivity contribution in [2.45, 2.75) is 52.2 Å². The average Bonchev–Trinajstić information content (AvgIpc) is 2.42. The van der Waals surface area contributed by atoms with Crippen molar-refractivity contribution in [3.05, 3.63) is 29.8 Å². The second kappa shape index (κ2) is 6.95. The molecule has 1 N–H and O–H groups in total. The van der Waals surface area contributed by atoms with Crippen LogP contribution in [0.1, 0.15) is 45.1 Å². The van der Waals surface area contributed by atoms with Crippen LogP contribution in [0.2, 0.25) is 0 Å². The van der Waals surface area contributed by atoms with Crippen LogP contribution < -0.4 is 5.32 Å². The Labute approximate surface area is 117 Å². The van der Waals surface area contributed by atoms with Gasteiger partial charge in [-0.25, -0.2) is 0 Å². The molecule has 1 aromatic rings. The molecule has 19 heavy (non-hydrogen) atoms. The van der Waals surface area contributed by atoms with E-state index in [1.807, 2.05) is 0 Å². The molecule has 1 saturated carbocycles. The second-order valence-corrected chi connectivity index (χ2v) is 6.09. The summed E-state index contributed by atoms with van der Waals surface area (Å²) in [6, 6.07) is 9.12. The summed E-state index contributed by atoms with van der Waals surface area (Å²) in [5.41, 5.74) is 2.51. The van der Waals surface area contributed by atoms with Crippen molar-refractivity contribution >= 4 is 5.69 Å². The van der Waals surface area contributed by atoms with E-state index >= 15 is 0 Å². The summed E-state index contributed by atoms with van der Waals surface area (Å²) < 4.78 is 5.27. The van der Waals surface area contributed by atoms with Gasteiger partial charge in [-0.1, -0.05) is 32.0 Å². The molecule has 2 nitrogen and oxygen atoms in total. The fraction of sp³-hybridized carbons (Fsp3) is 0.647. The average molecular weight is 261 g/mol. The summed E-state index contributed by atoms with van der Waals surface area (Å²) in [7, 11) is 1.75. The molecular formula is C17H27NO. The number of hydrogen-bond donors (Lipinski definition) is 1. The minimum absolute atomic E-state index is 0.632. The first-order chi connectivity index (χ1) is 9.20. The third-order valence-corrected chi connectivity index (χ3v) is 4.39. The molecule has 1 aromatic carbocycles. The molecule has 1 aliphatic rings. The van der Waals surface area contributed by atoms with Crippen molar-refractivity contribution in [1.29, 1.82) is 0 Å². The highest BCUT2D eigenvalue weighted by Gasteiger charge is 2.23. The summed E-state index contributed by atoms with van der Waals surface area (Å²) in [6.07, 6.45) is 5.32. The van der Waals surface area contributed by atoms with Crippen LogP contribution in [0.15, 0.2) is 24.3 Å². The zero-order valence-electron chi connectivity index (χ0n) is 12.5. The molecule has 0 bridgehead atoms. The molecule has 0 radical (unpaired) electrons. The lowest BCUT2D eigenvalue weighted by atomic mass is 9.79. The summed E-state index contributed by atoms with van der Waals surface area (Å²) >= 11 is 0. The number of para-hydroxylation sites is 1. The van der Waals surface area contributed by atoms with E-state index in [-0.39, 0.29) is 0 Å². The van der Waals surface area contributed by atoms with Crippen molar-refractivity contribution in [3.63, 3.8) is 0 Å². The Kier molecular flexibility index (Phi) is 5.26. The molecule has 0 unspecified atom stereocenters. The van der Waals surface area contributed by atoms with Crippen LogP contribution in [0, 0.1) is 11.8 Å².